The van der Waals surface area contributed by atoms with Crippen LogP contribution in [0.2, 0.25) is 5.02 Å². The topological polar surface area (TPSA) is 96.0 Å². The van der Waals surface area contributed by atoms with Crippen molar-refractivity contribution < 1.29 is 35.9 Å². The van der Waals surface area contributed by atoms with Gasteiger partial charge < -0.3 is 15.0 Å². The van der Waals surface area contributed by atoms with Crippen molar-refractivity contribution in [3.8, 4) is 5.75 Å². The third-order valence-corrected chi connectivity index (χ3v) is 10.0. The summed E-state index contributed by atoms with van der Waals surface area (Å²) in [6.45, 7) is 2.64. The summed E-state index contributed by atoms with van der Waals surface area (Å²) in [5.74, 6) is -0.813. The number of nitrogens with one attached hydrogen (secondary N) is 1. The van der Waals surface area contributed by atoms with E-state index in [0.717, 1.165) is 17.7 Å². The number of amides is 2. The van der Waals surface area contributed by atoms with Crippen molar-refractivity contribution in [2.45, 2.75) is 56.4 Å². The predicted octanol–water partition coefficient (Wildman–Crippen LogP) is 7.12. The van der Waals surface area contributed by atoms with Crippen LogP contribution in [-0.2, 0) is 38.8 Å². The average molecular weight is 716 g/mol. The summed E-state index contributed by atoms with van der Waals surface area (Å²) in [6.07, 6.45) is -4.23. The highest BCUT2D eigenvalue weighted by Gasteiger charge is 2.38. The fourth-order valence-electron chi connectivity index (χ4n) is 5.10. The molecule has 0 aliphatic carbocycles. The van der Waals surface area contributed by atoms with E-state index in [1.807, 2.05) is 19.9 Å². The zero-order valence-corrected chi connectivity index (χ0v) is 28.7. The van der Waals surface area contributed by atoms with Crippen LogP contribution in [0.25, 0.3) is 0 Å². The zero-order chi connectivity index (χ0) is 35.8. The van der Waals surface area contributed by atoms with Crippen LogP contribution < -0.4 is 14.4 Å². The molecule has 0 heterocycles. The third kappa shape index (κ3) is 9.54. The maximum Gasteiger partial charge on any atom is 0.417 e. The van der Waals surface area contributed by atoms with Gasteiger partial charge in [0.15, 0.2) is 0 Å². The number of alkyl halides is 3. The van der Waals surface area contributed by atoms with Gasteiger partial charge in [-0.1, -0.05) is 79.2 Å². The number of nitrogens with zero attached hydrogens (tertiary/aromatic N) is 2. The zero-order valence-electron chi connectivity index (χ0n) is 27.2. The van der Waals surface area contributed by atoms with Crippen molar-refractivity contribution >= 4 is 39.1 Å². The Balaban J connectivity index is 1.87. The van der Waals surface area contributed by atoms with Crippen LogP contribution in [0.5, 0.6) is 5.75 Å². The van der Waals surface area contributed by atoms with E-state index < -0.39 is 56.9 Å². The first-order chi connectivity index (χ1) is 23.2. The first-order valence-electron chi connectivity index (χ1n) is 15.5. The monoisotopic (exact) mass is 715 g/mol. The Bertz CT molecular complexity index is 1840. The van der Waals surface area contributed by atoms with E-state index in [4.69, 9.17) is 16.3 Å². The molecule has 0 saturated heterocycles. The Morgan fingerprint density at radius 3 is 2.14 bits per heavy atom. The number of carbonyl (C=O) groups is 2. The first-order valence-corrected chi connectivity index (χ1v) is 17.3. The Hall–Kier alpha value is -4.55. The van der Waals surface area contributed by atoms with Gasteiger partial charge in [0.05, 0.1) is 28.3 Å². The number of anilines is 1. The van der Waals surface area contributed by atoms with Gasteiger partial charge in [0.2, 0.25) is 11.8 Å². The van der Waals surface area contributed by atoms with Crippen molar-refractivity contribution in [1.29, 1.82) is 0 Å². The molecule has 0 unspecified atom stereocenters. The minimum Gasteiger partial charge on any atom is -0.497 e. The number of carbonyl (C=O) groups excluding carboxylic acids is 2. The molecule has 4 aromatic carbocycles. The van der Waals surface area contributed by atoms with Gasteiger partial charge in [-0.15, -0.1) is 0 Å². The smallest absolute Gasteiger partial charge is 0.417 e. The van der Waals surface area contributed by atoms with Crippen LogP contribution in [0.15, 0.2) is 108 Å². The van der Waals surface area contributed by atoms with Crippen LogP contribution in [0.1, 0.15) is 37.0 Å². The Morgan fingerprint density at radius 1 is 0.898 bits per heavy atom. The first kappa shape index (κ1) is 37.3. The summed E-state index contributed by atoms with van der Waals surface area (Å²) < 4.78 is 76.1. The van der Waals surface area contributed by atoms with Gasteiger partial charge >= 0.3 is 6.18 Å². The second-order valence-electron chi connectivity index (χ2n) is 11.4. The molecule has 2 atom stereocenters. The maximum absolute atomic E-state index is 14.6. The van der Waals surface area contributed by atoms with Crippen molar-refractivity contribution in [3.05, 3.63) is 125 Å². The molecule has 0 fully saturated rings. The van der Waals surface area contributed by atoms with E-state index in [1.165, 1.54) is 36.3 Å². The van der Waals surface area contributed by atoms with E-state index in [-0.39, 0.29) is 23.9 Å². The normalized spacial score (nSPS) is 12.9. The van der Waals surface area contributed by atoms with Crippen LogP contribution in [-0.4, -0.2) is 50.9 Å². The van der Waals surface area contributed by atoms with Gasteiger partial charge in [0, 0.05) is 19.0 Å². The Morgan fingerprint density at radius 2 is 1.53 bits per heavy atom. The number of methoxy groups -OCH3 is 1. The van der Waals surface area contributed by atoms with Crippen molar-refractivity contribution in [2.75, 3.05) is 18.0 Å². The minimum atomic E-state index is -4.91. The number of hydrogen-bond donors (Lipinski definition) is 1. The second-order valence-corrected chi connectivity index (χ2v) is 13.7. The quantitative estimate of drug-likeness (QED) is 0.150. The molecule has 0 aromatic heterocycles. The molecule has 49 heavy (non-hydrogen) atoms. The molecule has 0 spiro atoms. The van der Waals surface area contributed by atoms with Gasteiger partial charge in [-0.05, 0) is 66.9 Å². The molecule has 2 amide bonds. The van der Waals surface area contributed by atoms with Crippen molar-refractivity contribution in [2.24, 2.45) is 0 Å². The molecule has 4 aromatic rings. The Kier molecular flexibility index (Phi) is 12.3. The molecule has 8 nitrogen and oxygen atoms in total. The standard InChI is InChI=1S/C36H37ClF3N3O5S/c1-4-25(2)41-35(45)33(21-26-12-7-5-8-13-26)42(23-27-14-11-15-29(20-27)48-3)34(44)24-43(49(46,47)30-16-9-6-10-17-30)28-18-19-32(37)31(22-28)36(38,39)40/h5-20,22,25,33H,4,21,23-24H2,1-3H3,(H,41,45)/t25-,33+/m0/s1. The molecular weight excluding hydrogens is 679 g/mol. The number of hydrogen-bond acceptors (Lipinski definition) is 5. The highest BCUT2D eigenvalue weighted by atomic mass is 35.5. The summed E-state index contributed by atoms with van der Waals surface area (Å²) in [4.78, 5) is 29.5. The highest BCUT2D eigenvalue weighted by Crippen LogP contribution is 2.38. The van der Waals surface area contributed by atoms with E-state index >= 15 is 0 Å². The predicted molar refractivity (Wildman–Crippen MR) is 183 cm³/mol. The van der Waals surface area contributed by atoms with Gasteiger partial charge in [0.1, 0.15) is 18.3 Å². The highest BCUT2D eigenvalue weighted by molar-refractivity contribution is 7.92. The molecule has 4 rings (SSSR count). The lowest BCUT2D eigenvalue weighted by atomic mass is 10.0. The summed E-state index contributed by atoms with van der Waals surface area (Å²) in [5, 5.41) is 2.30. The van der Waals surface area contributed by atoms with E-state index in [2.05, 4.69) is 5.32 Å². The summed E-state index contributed by atoms with van der Waals surface area (Å²) >= 11 is 5.88. The molecule has 13 heteroatoms. The fourth-order valence-corrected chi connectivity index (χ4v) is 6.75. The van der Waals surface area contributed by atoms with Gasteiger partial charge in [-0.25, -0.2) is 8.42 Å². The Labute approximate surface area is 289 Å². The van der Waals surface area contributed by atoms with Crippen LogP contribution >= 0.6 is 11.6 Å². The van der Waals surface area contributed by atoms with Crippen LogP contribution in [0.4, 0.5) is 18.9 Å². The number of benzene rings is 4. The van der Waals surface area contributed by atoms with Gasteiger partial charge in [0.25, 0.3) is 10.0 Å². The van der Waals surface area contributed by atoms with Crippen molar-refractivity contribution in [3.63, 3.8) is 0 Å². The average Bonchev–Trinajstić information content (AvgIpc) is 3.09. The molecule has 0 saturated carbocycles. The summed E-state index contributed by atoms with van der Waals surface area (Å²) in [5.41, 5.74) is -0.392. The minimum absolute atomic E-state index is 0.0728. The van der Waals surface area contributed by atoms with Crippen LogP contribution in [0.3, 0.4) is 0 Å². The van der Waals surface area contributed by atoms with Gasteiger partial charge in [-0.3, -0.25) is 13.9 Å². The van der Waals surface area contributed by atoms with Gasteiger partial charge in [-0.2, -0.15) is 13.2 Å². The largest absolute Gasteiger partial charge is 0.497 e. The molecule has 0 aliphatic rings. The number of rotatable bonds is 14. The summed E-state index contributed by atoms with van der Waals surface area (Å²) in [6, 6.07) is 24.1. The number of ether oxygens (including phenoxy) is 1. The molecule has 0 aliphatic heterocycles. The number of sulfonamides is 1. The molecule has 1 N–H and O–H groups in total. The fraction of sp³-hybridized carbons (Fsp3) is 0.278. The second kappa shape index (κ2) is 16.2. The molecule has 260 valence electrons. The lowest BCUT2D eigenvalue weighted by molar-refractivity contribution is -0.140. The third-order valence-electron chi connectivity index (χ3n) is 7.91. The lowest BCUT2D eigenvalue weighted by Crippen LogP contribution is -2.54. The lowest BCUT2D eigenvalue weighted by Gasteiger charge is -2.34. The maximum atomic E-state index is 14.6. The molecule has 0 bridgehead atoms. The molecule has 0 radical (unpaired) electrons. The summed E-state index contributed by atoms with van der Waals surface area (Å²) in [7, 11) is -3.13. The van der Waals surface area contributed by atoms with E-state index in [9.17, 15) is 31.2 Å². The van der Waals surface area contributed by atoms with E-state index in [0.29, 0.717) is 28.1 Å². The number of halogens is 4. The van der Waals surface area contributed by atoms with E-state index in [1.54, 1.807) is 54.6 Å². The SMILES string of the molecule is CC[C@H](C)NC(=O)[C@@H](Cc1ccccc1)N(Cc1cccc(OC)c1)C(=O)CN(c1ccc(Cl)c(C(F)(F)F)c1)S(=O)(=O)c1ccccc1. The van der Waals surface area contributed by atoms with Crippen molar-refractivity contribution in [1.82, 2.24) is 10.2 Å². The molecular formula is C36H37ClF3N3O5S. The van der Waals surface area contributed by atoms with Crippen LogP contribution in [0, 0.1) is 0 Å².